The zero-order valence-corrected chi connectivity index (χ0v) is 15.4. The standard InChI is InChI=1S/C18H21N5O5/c1-2-3-10-21(11-12-24)15-6-4-14(5-7-15)19-20-17-9-8-16(22(25)26)13-18(17)23(27)28/h4-9,13,24H,2-3,10-12H2,1H3. The molecule has 0 heterocycles. The molecule has 10 heteroatoms. The number of nitro groups is 2. The van der Waals surface area contributed by atoms with E-state index in [4.69, 9.17) is 0 Å². The van der Waals surface area contributed by atoms with Crippen LogP contribution in [0.15, 0.2) is 52.7 Å². The molecule has 2 aromatic rings. The van der Waals surface area contributed by atoms with Crippen molar-refractivity contribution in [2.75, 3.05) is 24.6 Å². The summed E-state index contributed by atoms with van der Waals surface area (Å²) in [4.78, 5) is 22.5. The summed E-state index contributed by atoms with van der Waals surface area (Å²) in [7, 11) is 0. The fourth-order valence-corrected chi connectivity index (χ4v) is 2.54. The maximum atomic E-state index is 11.1. The van der Waals surface area contributed by atoms with Gasteiger partial charge in [0.1, 0.15) is 0 Å². The average molecular weight is 387 g/mol. The molecule has 0 bridgehead atoms. The van der Waals surface area contributed by atoms with Gasteiger partial charge in [0.25, 0.3) is 5.69 Å². The highest BCUT2D eigenvalue weighted by molar-refractivity contribution is 5.62. The molecule has 1 N–H and O–H groups in total. The lowest BCUT2D eigenvalue weighted by Gasteiger charge is -2.23. The minimum atomic E-state index is -0.731. The molecule has 0 saturated heterocycles. The Labute approximate surface area is 161 Å². The van der Waals surface area contributed by atoms with Crippen LogP contribution in [0.5, 0.6) is 0 Å². The lowest BCUT2D eigenvalue weighted by atomic mass is 10.2. The van der Waals surface area contributed by atoms with Gasteiger partial charge in [-0.15, -0.1) is 5.11 Å². The summed E-state index contributed by atoms with van der Waals surface area (Å²) in [5.41, 5.74) is 0.484. The molecule has 0 atom stereocenters. The summed E-state index contributed by atoms with van der Waals surface area (Å²) in [6.45, 7) is 3.50. The zero-order chi connectivity index (χ0) is 20.5. The van der Waals surface area contributed by atoms with Crippen LogP contribution < -0.4 is 4.90 Å². The number of nitro benzene ring substituents is 2. The molecule has 0 aliphatic heterocycles. The molecule has 2 aromatic carbocycles. The minimum Gasteiger partial charge on any atom is -0.395 e. The van der Waals surface area contributed by atoms with E-state index >= 15 is 0 Å². The number of non-ortho nitro benzene ring substituents is 1. The Bertz CT molecular complexity index is 854. The van der Waals surface area contributed by atoms with E-state index in [2.05, 4.69) is 22.1 Å². The van der Waals surface area contributed by atoms with E-state index in [9.17, 15) is 25.3 Å². The number of benzene rings is 2. The van der Waals surface area contributed by atoms with Crippen molar-refractivity contribution in [2.24, 2.45) is 10.2 Å². The van der Waals surface area contributed by atoms with Crippen LogP contribution in [0, 0.1) is 20.2 Å². The topological polar surface area (TPSA) is 134 Å². The first-order valence-electron chi connectivity index (χ1n) is 8.76. The van der Waals surface area contributed by atoms with Crippen molar-refractivity contribution in [3.05, 3.63) is 62.7 Å². The molecule has 0 aliphatic carbocycles. The maximum Gasteiger partial charge on any atom is 0.303 e. The van der Waals surface area contributed by atoms with Crippen LogP contribution in [0.3, 0.4) is 0 Å². The van der Waals surface area contributed by atoms with E-state index in [-0.39, 0.29) is 18.0 Å². The van der Waals surface area contributed by atoms with E-state index in [1.54, 1.807) is 12.1 Å². The second-order valence-electron chi connectivity index (χ2n) is 5.97. The van der Waals surface area contributed by atoms with Gasteiger partial charge in [0.15, 0.2) is 5.69 Å². The summed E-state index contributed by atoms with van der Waals surface area (Å²) >= 11 is 0. The van der Waals surface area contributed by atoms with Gasteiger partial charge >= 0.3 is 5.69 Å². The first-order chi connectivity index (χ1) is 13.5. The number of azo groups is 1. The fraction of sp³-hybridized carbons (Fsp3) is 0.333. The second kappa shape index (κ2) is 10.1. The molecule has 0 aromatic heterocycles. The Morgan fingerprint density at radius 1 is 1.00 bits per heavy atom. The molecule has 0 saturated carbocycles. The number of hydrogen-bond acceptors (Lipinski definition) is 8. The van der Waals surface area contributed by atoms with E-state index < -0.39 is 15.5 Å². The molecule has 0 spiro atoms. The summed E-state index contributed by atoms with van der Waals surface area (Å²) in [6.07, 6.45) is 2.05. The van der Waals surface area contributed by atoms with Crippen LogP contribution in [0.4, 0.5) is 28.4 Å². The van der Waals surface area contributed by atoms with Crippen molar-refractivity contribution in [1.29, 1.82) is 0 Å². The van der Waals surface area contributed by atoms with Gasteiger partial charge in [0.2, 0.25) is 0 Å². The van der Waals surface area contributed by atoms with Crippen LogP contribution in [-0.4, -0.2) is 34.6 Å². The number of hydrogen-bond donors (Lipinski definition) is 1. The third kappa shape index (κ3) is 5.55. The Morgan fingerprint density at radius 2 is 1.71 bits per heavy atom. The highest BCUT2D eigenvalue weighted by Gasteiger charge is 2.19. The Hall–Kier alpha value is -3.40. The normalized spacial score (nSPS) is 10.9. The molecule has 0 aliphatic rings. The van der Waals surface area contributed by atoms with Crippen LogP contribution in [0.2, 0.25) is 0 Å². The van der Waals surface area contributed by atoms with Crippen LogP contribution in [0.25, 0.3) is 0 Å². The molecule has 2 rings (SSSR count). The largest absolute Gasteiger partial charge is 0.395 e. The summed E-state index contributed by atoms with van der Waals surface area (Å²) in [6, 6.07) is 10.3. The van der Waals surface area contributed by atoms with E-state index in [1.165, 1.54) is 6.07 Å². The maximum absolute atomic E-state index is 11.1. The number of unbranched alkanes of at least 4 members (excludes halogenated alkanes) is 1. The predicted molar refractivity (Wildman–Crippen MR) is 105 cm³/mol. The van der Waals surface area contributed by atoms with Gasteiger partial charge in [0, 0.05) is 24.8 Å². The van der Waals surface area contributed by atoms with Crippen molar-refractivity contribution >= 4 is 28.4 Å². The van der Waals surface area contributed by atoms with Crippen molar-refractivity contribution in [2.45, 2.75) is 19.8 Å². The molecule has 148 valence electrons. The highest BCUT2D eigenvalue weighted by Crippen LogP contribution is 2.32. The molecular formula is C18H21N5O5. The Morgan fingerprint density at radius 3 is 2.29 bits per heavy atom. The molecule has 0 fully saturated rings. The van der Waals surface area contributed by atoms with Gasteiger partial charge in [-0.2, -0.15) is 5.11 Å². The van der Waals surface area contributed by atoms with Gasteiger partial charge < -0.3 is 10.0 Å². The van der Waals surface area contributed by atoms with Crippen molar-refractivity contribution < 1.29 is 15.0 Å². The third-order valence-electron chi connectivity index (χ3n) is 4.01. The van der Waals surface area contributed by atoms with Crippen LogP contribution in [0.1, 0.15) is 19.8 Å². The van der Waals surface area contributed by atoms with Gasteiger partial charge in [-0.25, -0.2) is 0 Å². The predicted octanol–water partition coefficient (Wildman–Crippen LogP) is 4.52. The molecule has 0 unspecified atom stereocenters. The fourth-order valence-electron chi connectivity index (χ4n) is 2.54. The molecular weight excluding hydrogens is 366 g/mol. The molecule has 0 amide bonds. The number of anilines is 1. The van der Waals surface area contributed by atoms with E-state index in [1.807, 2.05) is 12.1 Å². The van der Waals surface area contributed by atoms with Gasteiger partial charge in [0.05, 0.1) is 28.2 Å². The lowest BCUT2D eigenvalue weighted by Crippen LogP contribution is -2.27. The SMILES string of the molecule is CCCCN(CCO)c1ccc(N=Nc2ccc([N+](=O)[O-])cc2[N+](=O)[O-])cc1. The van der Waals surface area contributed by atoms with Crippen molar-refractivity contribution in [1.82, 2.24) is 0 Å². The van der Waals surface area contributed by atoms with E-state index in [0.717, 1.165) is 37.2 Å². The average Bonchev–Trinajstić information content (AvgIpc) is 2.69. The van der Waals surface area contributed by atoms with Gasteiger partial charge in [-0.3, -0.25) is 20.2 Å². The van der Waals surface area contributed by atoms with Crippen LogP contribution >= 0.6 is 0 Å². The number of aliphatic hydroxyl groups excluding tert-OH is 1. The van der Waals surface area contributed by atoms with Gasteiger partial charge in [-0.05, 0) is 36.8 Å². The summed E-state index contributed by atoms with van der Waals surface area (Å²) < 4.78 is 0. The molecule has 28 heavy (non-hydrogen) atoms. The zero-order valence-electron chi connectivity index (χ0n) is 15.4. The first kappa shape index (κ1) is 20.9. The van der Waals surface area contributed by atoms with Crippen molar-refractivity contribution in [3.8, 4) is 0 Å². The minimum absolute atomic E-state index is 0.0506. The number of aliphatic hydroxyl groups is 1. The summed E-state index contributed by atoms with van der Waals surface area (Å²) in [5, 5.41) is 39.0. The Kier molecular flexibility index (Phi) is 7.52. The third-order valence-corrected chi connectivity index (χ3v) is 4.01. The first-order valence-corrected chi connectivity index (χ1v) is 8.76. The lowest BCUT2D eigenvalue weighted by molar-refractivity contribution is -0.393. The number of rotatable bonds is 10. The number of nitrogens with zero attached hydrogens (tertiary/aromatic N) is 5. The van der Waals surface area contributed by atoms with Crippen LogP contribution in [-0.2, 0) is 0 Å². The smallest absolute Gasteiger partial charge is 0.303 e. The molecule has 10 nitrogen and oxygen atoms in total. The van der Waals surface area contributed by atoms with E-state index in [0.29, 0.717) is 12.2 Å². The quantitative estimate of drug-likeness (QED) is 0.362. The van der Waals surface area contributed by atoms with Gasteiger partial charge in [-0.1, -0.05) is 13.3 Å². The Balaban J connectivity index is 2.20. The second-order valence-corrected chi connectivity index (χ2v) is 5.97. The summed E-state index contributed by atoms with van der Waals surface area (Å²) in [5.74, 6) is 0. The highest BCUT2D eigenvalue weighted by atomic mass is 16.6. The van der Waals surface area contributed by atoms with Crippen molar-refractivity contribution in [3.63, 3.8) is 0 Å². The molecule has 0 radical (unpaired) electrons. The monoisotopic (exact) mass is 387 g/mol.